The SMILES string of the molecule is COC(=O)C(C)(C)CN1CCC(COc2noc3cccc(OCC(F)(F)F)c23)CC1. The zero-order valence-electron chi connectivity index (χ0n) is 17.8. The molecule has 0 saturated carbocycles. The predicted molar refractivity (Wildman–Crippen MR) is 106 cm³/mol. The van der Waals surface area contributed by atoms with Gasteiger partial charge in [0.1, 0.15) is 11.1 Å². The molecule has 7 nitrogen and oxygen atoms in total. The van der Waals surface area contributed by atoms with Crippen LogP contribution in [0, 0.1) is 11.3 Å². The van der Waals surface area contributed by atoms with Crippen molar-refractivity contribution in [3.63, 3.8) is 0 Å². The van der Waals surface area contributed by atoms with Gasteiger partial charge in [-0.05, 0) is 63.0 Å². The molecule has 2 aromatic rings. The Kier molecular flexibility index (Phi) is 6.98. The fraction of sp³-hybridized carbons (Fsp3) is 0.619. The Labute approximate surface area is 178 Å². The number of benzene rings is 1. The molecule has 1 saturated heterocycles. The number of carbonyl (C=O) groups is 1. The molecule has 1 aromatic heterocycles. The number of methoxy groups -OCH3 is 1. The third-order valence-corrected chi connectivity index (χ3v) is 5.34. The van der Waals surface area contributed by atoms with Crippen LogP contribution in [0.2, 0.25) is 0 Å². The first-order chi connectivity index (χ1) is 14.6. The van der Waals surface area contributed by atoms with Gasteiger partial charge in [0.05, 0.1) is 19.1 Å². The molecule has 0 spiro atoms. The molecule has 0 atom stereocenters. The first kappa shape index (κ1) is 23.2. The summed E-state index contributed by atoms with van der Waals surface area (Å²) in [6.07, 6.45) is -2.72. The van der Waals surface area contributed by atoms with E-state index in [1.165, 1.54) is 19.2 Å². The van der Waals surface area contributed by atoms with E-state index in [1.807, 2.05) is 13.8 Å². The Hall–Kier alpha value is -2.49. The second-order valence-electron chi connectivity index (χ2n) is 8.43. The van der Waals surface area contributed by atoms with Gasteiger partial charge in [-0.15, -0.1) is 0 Å². The highest BCUT2D eigenvalue weighted by atomic mass is 19.4. The molecule has 1 aromatic carbocycles. The molecule has 1 aliphatic heterocycles. The van der Waals surface area contributed by atoms with Crippen molar-refractivity contribution in [1.82, 2.24) is 10.1 Å². The van der Waals surface area contributed by atoms with E-state index in [2.05, 4.69) is 10.1 Å². The Morgan fingerprint density at radius 1 is 1.23 bits per heavy atom. The van der Waals surface area contributed by atoms with Crippen LogP contribution >= 0.6 is 0 Å². The van der Waals surface area contributed by atoms with Gasteiger partial charge in [-0.25, -0.2) is 0 Å². The highest BCUT2D eigenvalue weighted by Gasteiger charge is 2.33. The van der Waals surface area contributed by atoms with Gasteiger partial charge in [0, 0.05) is 6.54 Å². The number of halogens is 3. The molecule has 2 heterocycles. The Morgan fingerprint density at radius 3 is 2.58 bits per heavy atom. The molecule has 1 aliphatic rings. The molecule has 3 rings (SSSR count). The lowest BCUT2D eigenvalue weighted by Gasteiger charge is -2.35. The van der Waals surface area contributed by atoms with E-state index < -0.39 is 18.2 Å². The van der Waals surface area contributed by atoms with Crippen molar-refractivity contribution >= 4 is 16.9 Å². The second kappa shape index (κ2) is 9.33. The van der Waals surface area contributed by atoms with Crippen LogP contribution in [-0.2, 0) is 9.53 Å². The van der Waals surface area contributed by atoms with E-state index in [0.29, 0.717) is 24.1 Å². The standard InChI is InChI=1S/C21H27F3N2O5/c1-20(2,19(27)28-3)12-26-9-7-14(8-10-26)11-29-18-17-15(30-13-21(22,23)24)5-4-6-16(17)31-25-18/h4-6,14H,7-13H2,1-3H3. The molecule has 1 fully saturated rings. The van der Waals surface area contributed by atoms with Gasteiger partial charge < -0.3 is 23.6 Å². The number of hydrogen-bond acceptors (Lipinski definition) is 7. The van der Waals surface area contributed by atoms with Crippen LogP contribution in [0.3, 0.4) is 0 Å². The number of rotatable bonds is 8. The molecular weight excluding hydrogens is 417 g/mol. The van der Waals surface area contributed by atoms with Crippen LogP contribution < -0.4 is 9.47 Å². The van der Waals surface area contributed by atoms with Crippen molar-refractivity contribution in [2.75, 3.05) is 40.0 Å². The van der Waals surface area contributed by atoms with Crippen molar-refractivity contribution in [3.05, 3.63) is 18.2 Å². The molecule has 31 heavy (non-hydrogen) atoms. The van der Waals surface area contributed by atoms with Crippen LogP contribution in [0.4, 0.5) is 13.2 Å². The summed E-state index contributed by atoms with van der Waals surface area (Å²) in [7, 11) is 1.39. The number of piperidine rings is 1. The first-order valence-corrected chi connectivity index (χ1v) is 10.1. The third kappa shape index (κ3) is 6.03. The highest BCUT2D eigenvalue weighted by Crippen LogP contribution is 2.35. The molecule has 0 unspecified atom stereocenters. The average Bonchev–Trinajstić information content (AvgIpc) is 3.14. The quantitative estimate of drug-likeness (QED) is 0.569. The topological polar surface area (TPSA) is 74.0 Å². The van der Waals surface area contributed by atoms with E-state index in [0.717, 1.165) is 25.9 Å². The molecule has 0 amide bonds. The Bertz CT molecular complexity index is 889. The number of aromatic nitrogens is 1. The summed E-state index contributed by atoms with van der Waals surface area (Å²) in [5, 5.41) is 4.15. The van der Waals surface area contributed by atoms with E-state index in [-0.39, 0.29) is 23.5 Å². The van der Waals surface area contributed by atoms with E-state index in [1.54, 1.807) is 6.07 Å². The van der Waals surface area contributed by atoms with Crippen molar-refractivity contribution in [2.45, 2.75) is 32.9 Å². The molecule has 172 valence electrons. The maximum absolute atomic E-state index is 12.5. The predicted octanol–water partition coefficient (Wildman–Crippen LogP) is 4.06. The van der Waals surface area contributed by atoms with E-state index in [9.17, 15) is 18.0 Å². The van der Waals surface area contributed by atoms with Gasteiger partial charge in [0.25, 0.3) is 5.88 Å². The molecule has 10 heteroatoms. The lowest BCUT2D eigenvalue weighted by molar-refractivity contribution is -0.153. The number of alkyl halides is 3. The average molecular weight is 444 g/mol. The van der Waals surface area contributed by atoms with Crippen molar-refractivity contribution < 1.29 is 36.7 Å². The number of esters is 1. The minimum atomic E-state index is -4.45. The van der Waals surface area contributed by atoms with E-state index in [4.69, 9.17) is 18.7 Å². The zero-order valence-corrected chi connectivity index (χ0v) is 17.8. The van der Waals surface area contributed by atoms with Crippen molar-refractivity contribution in [3.8, 4) is 11.6 Å². The van der Waals surface area contributed by atoms with Gasteiger partial charge >= 0.3 is 12.1 Å². The molecule has 0 radical (unpaired) electrons. The van der Waals surface area contributed by atoms with Crippen LogP contribution in [0.5, 0.6) is 11.6 Å². The highest BCUT2D eigenvalue weighted by molar-refractivity contribution is 5.88. The summed E-state index contributed by atoms with van der Waals surface area (Å²) < 4.78 is 58.4. The van der Waals surface area contributed by atoms with Crippen LogP contribution in [-0.4, -0.2) is 62.2 Å². The Morgan fingerprint density at radius 2 is 1.94 bits per heavy atom. The van der Waals surface area contributed by atoms with Crippen LogP contribution in [0.1, 0.15) is 26.7 Å². The number of nitrogens with zero attached hydrogens (tertiary/aromatic N) is 2. The maximum Gasteiger partial charge on any atom is 0.422 e. The van der Waals surface area contributed by atoms with E-state index >= 15 is 0 Å². The minimum absolute atomic E-state index is 0.0194. The molecular formula is C21H27F3N2O5. The monoisotopic (exact) mass is 444 g/mol. The largest absolute Gasteiger partial charge is 0.483 e. The molecule has 0 bridgehead atoms. The third-order valence-electron chi connectivity index (χ3n) is 5.34. The summed E-state index contributed by atoms with van der Waals surface area (Å²) >= 11 is 0. The summed E-state index contributed by atoms with van der Waals surface area (Å²) in [5.74, 6) is 0.167. The smallest absolute Gasteiger partial charge is 0.422 e. The summed E-state index contributed by atoms with van der Waals surface area (Å²) in [5.41, 5.74) is -0.278. The lowest BCUT2D eigenvalue weighted by atomic mass is 9.90. The number of fused-ring (bicyclic) bond motifs is 1. The number of carbonyl (C=O) groups excluding carboxylic acids is 1. The normalized spacial score (nSPS) is 16.5. The summed E-state index contributed by atoms with van der Waals surface area (Å²) in [4.78, 5) is 14.1. The van der Waals surface area contributed by atoms with Gasteiger partial charge in [-0.1, -0.05) is 6.07 Å². The van der Waals surface area contributed by atoms with Crippen molar-refractivity contribution in [2.24, 2.45) is 11.3 Å². The Balaban J connectivity index is 1.56. The van der Waals surface area contributed by atoms with Gasteiger partial charge in [-0.3, -0.25) is 4.79 Å². The maximum atomic E-state index is 12.5. The zero-order chi connectivity index (χ0) is 22.6. The van der Waals surface area contributed by atoms with Gasteiger partial charge in [-0.2, -0.15) is 13.2 Å². The fourth-order valence-corrected chi connectivity index (χ4v) is 3.72. The second-order valence-corrected chi connectivity index (χ2v) is 8.43. The lowest BCUT2D eigenvalue weighted by Crippen LogP contribution is -2.44. The van der Waals surface area contributed by atoms with Crippen LogP contribution in [0.15, 0.2) is 22.7 Å². The first-order valence-electron chi connectivity index (χ1n) is 10.1. The van der Waals surface area contributed by atoms with Crippen molar-refractivity contribution in [1.29, 1.82) is 0 Å². The molecule has 0 N–H and O–H groups in total. The molecule has 0 aliphatic carbocycles. The summed E-state index contributed by atoms with van der Waals surface area (Å²) in [6.45, 7) is 4.92. The summed E-state index contributed by atoms with van der Waals surface area (Å²) in [6, 6.07) is 4.56. The van der Waals surface area contributed by atoms with Gasteiger partial charge in [0.2, 0.25) is 0 Å². The number of hydrogen-bond donors (Lipinski definition) is 0. The fourth-order valence-electron chi connectivity index (χ4n) is 3.72. The van der Waals surface area contributed by atoms with Gasteiger partial charge in [0.15, 0.2) is 12.2 Å². The number of likely N-dealkylation sites (tertiary alicyclic amines) is 1. The number of ether oxygens (including phenoxy) is 3. The minimum Gasteiger partial charge on any atom is -0.483 e. The van der Waals surface area contributed by atoms with Crippen LogP contribution in [0.25, 0.3) is 11.0 Å².